The van der Waals surface area contributed by atoms with Crippen molar-refractivity contribution in [3.8, 4) is 0 Å². The minimum Gasteiger partial charge on any atom is -0.324 e. The molecule has 1 aromatic rings. The van der Waals surface area contributed by atoms with E-state index in [1.807, 2.05) is 0 Å². The summed E-state index contributed by atoms with van der Waals surface area (Å²) in [4.78, 5) is 10.8. The van der Waals surface area contributed by atoms with E-state index in [1.54, 1.807) is 0 Å². The Labute approximate surface area is 72.2 Å². The van der Waals surface area contributed by atoms with Gasteiger partial charge in [0.05, 0.1) is 6.54 Å². The number of nitrogens with two attached hydrogens (primary N) is 1. The van der Waals surface area contributed by atoms with Gasteiger partial charge >= 0.3 is 0 Å². The highest BCUT2D eigenvalue weighted by atomic mass is 19.2. The average molecular weight is 189 g/mol. The molecule has 5 heteroatoms. The van der Waals surface area contributed by atoms with Gasteiger partial charge in [-0.2, -0.15) is 0 Å². The van der Waals surface area contributed by atoms with Gasteiger partial charge in [-0.15, -0.1) is 0 Å². The Morgan fingerprint density at radius 3 is 2.08 bits per heavy atom. The third-order valence-corrected chi connectivity index (χ3v) is 1.49. The van der Waals surface area contributed by atoms with Crippen LogP contribution in [-0.4, -0.2) is 12.3 Å². The summed E-state index contributed by atoms with van der Waals surface area (Å²) >= 11 is 0. The normalized spacial score (nSPS) is 10.2. The lowest BCUT2D eigenvalue weighted by molar-refractivity contribution is 0.100. The Balaban J connectivity index is 3.20. The van der Waals surface area contributed by atoms with Gasteiger partial charge in [0.15, 0.2) is 23.2 Å². The van der Waals surface area contributed by atoms with E-state index in [-0.39, 0.29) is 12.1 Å². The number of carbonyl (C=O) groups is 1. The van der Waals surface area contributed by atoms with Crippen LogP contribution in [0.25, 0.3) is 0 Å². The van der Waals surface area contributed by atoms with Crippen molar-refractivity contribution < 1.29 is 18.0 Å². The fourth-order valence-electron chi connectivity index (χ4n) is 0.834. The minimum absolute atomic E-state index is 0.265. The Kier molecular flexibility index (Phi) is 2.67. The fourth-order valence-corrected chi connectivity index (χ4v) is 0.834. The van der Waals surface area contributed by atoms with Crippen molar-refractivity contribution in [1.29, 1.82) is 0 Å². The molecule has 0 aliphatic rings. The molecule has 0 spiro atoms. The van der Waals surface area contributed by atoms with Gasteiger partial charge in [-0.1, -0.05) is 0 Å². The van der Waals surface area contributed by atoms with E-state index in [2.05, 4.69) is 0 Å². The molecule has 0 fully saturated rings. The van der Waals surface area contributed by atoms with Gasteiger partial charge < -0.3 is 5.73 Å². The lowest BCUT2D eigenvalue weighted by atomic mass is 10.1. The summed E-state index contributed by atoms with van der Waals surface area (Å²) in [5, 5.41) is 0. The van der Waals surface area contributed by atoms with Crippen LogP contribution >= 0.6 is 0 Å². The predicted octanol–water partition coefficient (Wildman–Crippen LogP) is 1.25. The molecule has 0 unspecified atom stereocenters. The molecule has 0 aromatic heterocycles. The summed E-state index contributed by atoms with van der Waals surface area (Å²) in [6, 6.07) is 1.24. The van der Waals surface area contributed by atoms with Gasteiger partial charge in [0.25, 0.3) is 0 Å². The molecule has 1 rings (SSSR count). The third-order valence-electron chi connectivity index (χ3n) is 1.49. The predicted molar refractivity (Wildman–Crippen MR) is 39.7 cm³/mol. The van der Waals surface area contributed by atoms with Gasteiger partial charge in [-0.25, -0.2) is 13.2 Å². The molecule has 0 aliphatic carbocycles. The Morgan fingerprint density at radius 2 is 1.69 bits per heavy atom. The summed E-state index contributed by atoms with van der Waals surface area (Å²) in [6.07, 6.45) is 0. The molecular weight excluding hydrogens is 183 g/mol. The number of Topliss-reactive ketones (excluding diaryl/α,β-unsaturated/α-hetero) is 1. The molecule has 2 nitrogen and oxygen atoms in total. The maximum Gasteiger partial charge on any atom is 0.194 e. The highest BCUT2D eigenvalue weighted by Crippen LogP contribution is 2.13. The molecule has 0 saturated heterocycles. The molecule has 2 N–H and O–H groups in total. The van der Waals surface area contributed by atoms with E-state index >= 15 is 0 Å². The second-order valence-electron chi connectivity index (χ2n) is 2.38. The van der Waals surface area contributed by atoms with Crippen LogP contribution in [0.3, 0.4) is 0 Å². The zero-order chi connectivity index (χ0) is 10.0. The highest BCUT2D eigenvalue weighted by molar-refractivity contribution is 5.97. The van der Waals surface area contributed by atoms with Crippen LogP contribution in [0.1, 0.15) is 10.4 Å². The summed E-state index contributed by atoms with van der Waals surface area (Å²) in [5.74, 6) is -5.01. The van der Waals surface area contributed by atoms with E-state index in [0.29, 0.717) is 12.1 Å². The van der Waals surface area contributed by atoms with Gasteiger partial charge in [-0.05, 0) is 12.1 Å². The number of hydrogen-bond acceptors (Lipinski definition) is 2. The van der Waals surface area contributed by atoms with Crippen molar-refractivity contribution in [2.75, 3.05) is 6.54 Å². The quantitative estimate of drug-likeness (QED) is 0.562. The largest absolute Gasteiger partial charge is 0.324 e. The van der Waals surface area contributed by atoms with Crippen LogP contribution in [-0.2, 0) is 0 Å². The molecule has 70 valence electrons. The van der Waals surface area contributed by atoms with Gasteiger partial charge in [-0.3, -0.25) is 4.79 Å². The second kappa shape index (κ2) is 3.57. The smallest absolute Gasteiger partial charge is 0.194 e. The lowest BCUT2D eigenvalue weighted by Gasteiger charge is -1.99. The van der Waals surface area contributed by atoms with E-state index < -0.39 is 23.2 Å². The van der Waals surface area contributed by atoms with Crippen molar-refractivity contribution in [3.63, 3.8) is 0 Å². The lowest BCUT2D eigenvalue weighted by Crippen LogP contribution is -2.14. The molecule has 0 aliphatic heterocycles. The van der Waals surface area contributed by atoms with Crippen molar-refractivity contribution in [1.82, 2.24) is 0 Å². The minimum atomic E-state index is -1.59. The van der Waals surface area contributed by atoms with Crippen LogP contribution in [0.4, 0.5) is 13.2 Å². The number of carbonyl (C=O) groups excluding carboxylic acids is 1. The second-order valence-corrected chi connectivity index (χ2v) is 2.38. The van der Waals surface area contributed by atoms with Crippen molar-refractivity contribution in [2.24, 2.45) is 5.73 Å². The summed E-state index contributed by atoms with van der Waals surface area (Å²) < 4.78 is 37.4. The first-order valence-electron chi connectivity index (χ1n) is 3.44. The average Bonchev–Trinajstić information content (AvgIpc) is 2.12. The van der Waals surface area contributed by atoms with Crippen molar-refractivity contribution >= 4 is 5.78 Å². The van der Waals surface area contributed by atoms with E-state index in [1.165, 1.54) is 0 Å². The molecule has 0 atom stereocenters. The van der Waals surface area contributed by atoms with Gasteiger partial charge in [0, 0.05) is 5.56 Å². The van der Waals surface area contributed by atoms with Gasteiger partial charge in [0.2, 0.25) is 0 Å². The van der Waals surface area contributed by atoms with Crippen LogP contribution in [0.15, 0.2) is 12.1 Å². The van der Waals surface area contributed by atoms with Gasteiger partial charge in [0.1, 0.15) is 0 Å². The van der Waals surface area contributed by atoms with Crippen LogP contribution < -0.4 is 5.73 Å². The van der Waals surface area contributed by atoms with Crippen molar-refractivity contribution in [3.05, 3.63) is 35.1 Å². The maximum absolute atomic E-state index is 12.5. The number of halogens is 3. The molecule has 0 heterocycles. The van der Waals surface area contributed by atoms with E-state index in [4.69, 9.17) is 5.73 Å². The number of hydrogen-bond donors (Lipinski definition) is 1. The fraction of sp³-hybridized carbons (Fsp3) is 0.125. The monoisotopic (exact) mass is 189 g/mol. The molecule has 0 amide bonds. The topological polar surface area (TPSA) is 43.1 Å². The van der Waals surface area contributed by atoms with Crippen LogP contribution in [0, 0.1) is 17.5 Å². The Morgan fingerprint density at radius 1 is 1.23 bits per heavy atom. The molecule has 0 bridgehead atoms. The van der Waals surface area contributed by atoms with Crippen molar-refractivity contribution in [2.45, 2.75) is 0 Å². The first-order chi connectivity index (χ1) is 6.06. The standard InChI is InChI=1S/C8H6F3NO/c9-5-1-4(7(13)3-12)2-6(10)8(5)11/h1-2H,3,12H2. The zero-order valence-electron chi connectivity index (χ0n) is 6.48. The Bertz CT molecular complexity index is 328. The third kappa shape index (κ3) is 1.86. The molecule has 13 heavy (non-hydrogen) atoms. The maximum atomic E-state index is 12.5. The summed E-state index contributed by atoms with van der Waals surface area (Å²) in [6.45, 7) is -0.371. The number of benzene rings is 1. The highest BCUT2D eigenvalue weighted by Gasteiger charge is 2.13. The first kappa shape index (κ1) is 9.73. The number of ketones is 1. The zero-order valence-corrected chi connectivity index (χ0v) is 6.48. The van der Waals surface area contributed by atoms with Crippen LogP contribution in [0.5, 0.6) is 0 Å². The summed E-state index contributed by atoms with van der Waals surface area (Å²) in [7, 11) is 0. The Hall–Kier alpha value is -1.36. The molecular formula is C8H6F3NO. The SMILES string of the molecule is NCC(=O)c1cc(F)c(F)c(F)c1. The molecule has 0 saturated carbocycles. The first-order valence-corrected chi connectivity index (χ1v) is 3.44. The molecule has 1 aromatic carbocycles. The van der Waals surface area contributed by atoms with E-state index in [0.717, 1.165) is 0 Å². The summed E-state index contributed by atoms with van der Waals surface area (Å²) in [5.41, 5.74) is 4.69. The van der Waals surface area contributed by atoms with E-state index in [9.17, 15) is 18.0 Å². The van der Waals surface area contributed by atoms with Crippen LogP contribution in [0.2, 0.25) is 0 Å². The molecule has 0 radical (unpaired) electrons. The number of rotatable bonds is 2.